The first-order valence-corrected chi connectivity index (χ1v) is 9.37. The molecule has 1 aliphatic rings. The van der Waals surface area contributed by atoms with Crippen molar-refractivity contribution in [2.24, 2.45) is 0 Å². The van der Waals surface area contributed by atoms with Crippen LogP contribution in [0.15, 0.2) is 54.6 Å². The number of para-hydroxylation sites is 1. The highest BCUT2D eigenvalue weighted by Crippen LogP contribution is 2.32. The second-order valence-corrected chi connectivity index (χ2v) is 6.88. The molecule has 0 bridgehead atoms. The van der Waals surface area contributed by atoms with Gasteiger partial charge >= 0.3 is 6.18 Å². The monoisotopic (exact) mass is 400 g/mol. The van der Waals surface area contributed by atoms with Gasteiger partial charge in [0.2, 0.25) is 5.82 Å². The molecule has 1 aliphatic heterocycles. The normalized spacial score (nSPS) is 15.4. The molecule has 1 aromatic heterocycles. The number of benzene rings is 2. The van der Waals surface area contributed by atoms with Crippen molar-refractivity contribution in [2.75, 3.05) is 31.1 Å². The number of nitrogens with zero attached hydrogens (tertiary/aromatic N) is 4. The molecule has 0 unspecified atom stereocenters. The minimum Gasteiger partial charge on any atom is -0.354 e. The van der Waals surface area contributed by atoms with Crippen LogP contribution in [0.1, 0.15) is 22.6 Å². The Kier molecular flexibility index (Phi) is 5.08. The average Bonchev–Trinajstić information content (AvgIpc) is 2.98. The molecule has 2 aromatic carbocycles. The number of fused-ring (bicyclic) bond motifs is 1. The van der Waals surface area contributed by atoms with E-state index in [0.29, 0.717) is 43.5 Å². The van der Waals surface area contributed by atoms with Crippen molar-refractivity contribution in [3.63, 3.8) is 0 Å². The van der Waals surface area contributed by atoms with Crippen LogP contribution < -0.4 is 4.90 Å². The molecule has 0 N–H and O–H groups in total. The predicted octanol–water partition coefficient (Wildman–Crippen LogP) is 4.00. The third kappa shape index (κ3) is 4.01. The minimum absolute atomic E-state index is 0.0732. The van der Waals surface area contributed by atoms with E-state index in [0.717, 1.165) is 0 Å². The SMILES string of the molecule is O=C(c1ccccc1)N1CCCN(c2nc(C(F)(F)F)nc3ccccc23)CC1. The molecule has 0 radical (unpaired) electrons. The van der Waals surface area contributed by atoms with Gasteiger partial charge in [0.05, 0.1) is 5.52 Å². The molecular formula is C21H19F3N4O. The lowest BCUT2D eigenvalue weighted by atomic mass is 10.2. The summed E-state index contributed by atoms with van der Waals surface area (Å²) in [6.07, 6.45) is -3.99. The number of carbonyl (C=O) groups excluding carboxylic acids is 1. The van der Waals surface area contributed by atoms with Gasteiger partial charge in [0.15, 0.2) is 0 Å². The van der Waals surface area contributed by atoms with Crippen molar-refractivity contribution in [3.05, 3.63) is 66.0 Å². The van der Waals surface area contributed by atoms with E-state index in [9.17, 15) is 18.0 Å². The largest absolute Gasteiger partial charge is 0.451 e. The fourth-order valence-corrected chi connectivity index (χ4v) is 3.52. The maximum atomic E-state index is 13.3. The van der Waals surface area contributed by atoms with Crippen LogP contribution in [-0.2, 0) is 6.18 Å². The summed E-state index contributed by atoms with van der Waals surface area (Å²) in [6.45, 7) is 1.86. The van der Waals surface area contributed by atoms with E-state index >= 15 is 0 Å². The van der Waals surface area contributed by atoms with Gasteiger partial charge in [-0.2, -0.15) is 13.2 Å². The van der Waals surface area contributed by atoms with Crippen molar-refractivity contribution in [2.45, 2.75) is 12.6 Å². The van der Waals surface area contributed by atoms with Crippen molar-refractivity contribution in [1.82, 2.24) is 14.9 Å². The smallest absolute Gasteiger partial charge is 0.354 e. The van der Waals surface area contributed by atoms with Gasteiger partial charge in [-0.15, -0.1) is 0 Å². The maximum Gasteiger partial charge on any atom is 0.451 e. The standard InChI is InChI=1S/C21H19F3N4O/c22-21(23,24)20-25-17-10-5-4-9-16(17)18(26-20)27-11-6-12-28(14-13-27)19(29)15-7-2-1-3-8-15/h1-5,7-10H,6,11-14H2. The highest BCUT2D eigenvalue weighted by Gasteiger charge is 2.36. The zero-order valence-corrected chi connectivity index (χ0v) is 15.6. The summed E-state index contributed by atoms with van der Waals surface area (Å²) in [6, 6.07) is 15.7. The summed E-state index contributed by atoms with van der Waals surface area (Å²) >= 11 is 0. The Hall–Kier alpha value is -3.16. The van der Waals surface area contributed by atoms with Gasteiger partial charge in [0, 0.05) is 37.1 Å². The molecule has 1 saturated heterocycles. The van der Waals surface area contributed by atoms with Crippen LogP contribution in [-0.4, -0.2) is 47.0 Å². The van der Waals surface area contributed by atoms with Crippen molar-refractivity contribution in [3.8, 4) is 0 Å². The molecule has 0 spiro atoms. The molecule has 0 aliphatic carbocycles. The number of anilines is 1. The van der Waals surface area contributed by atoms with Gasteiger partial charge in [-0.3, -0.25) is 4.79 Å². The molecule has 8 heteroatoms. The highest BCUT2D eigenvalue weighted by atomic mass is 19.4. The number of carbonyl (C=O) groups is 1. The first kappa shape index (κ1) is 19.2. The van der Waals surface area contributed by atoms with E-state index in [1.165, 1.54) is 0 Å². The predicted molar refractivity (Wildman–Crippen MR) is 104 cm³/mol. The summed E-state index contributed by atoms with van der Waals surface area (Å²) in [5.41, 5.74) is 0.860. The fraction of sp³-hybridized carbons (Fsp3) is 0.286. The highest BCUT2D eigenvalue weighted by molar-refractivity contribution is 5.94. The molecule has 2 heterocycles. The summed E-state index contributed by atoms with van der Waals surface area (Å²) in [4.78, 5) is 23.8. The summed E-state index contributed by atoms with van der Waals surface area (Å²) in [5.74, 6) is -0.958. The molecular weight excluding hydrogens is 381 g/mol. The molecule has 0 atom stereocenters. The Bertz CT molecular complexity index is 1020. The van der Waals surface area contributed by atoms with Crippen molar-refractivity contribution >= 4 is 22.6 Å². The third-order valence-electron chi connectivity index (χ3n) is 4.94. The number of halogens is 3. The second-order valence-electron chi connectivity index (χ2n) is 6.88. The number of hydrogen-bond acceptors (Lipinski definition) is 4. The van der Waals surface area contributed by atoms with E-state index in [4.69, 9.17) is 0 Å². The van der Waals surface area contributed by atoms with E-state index in [-0.39, 0.29) is 17.2 Å². The number of alkyl halides is 3. The van der Waals surface area contributed by atoms with Crippen LogP contribution in [0.4, 0.5) is 19.0 Å². The second kappa shape index (κ2) is 7.69. The third-order valence-corrected chi connectivity index (χ3v) is 4.94. The first-order valence-electron chi connectivity index (χ1n) is 9.37. The lowest BCUT2D eigenvalue weighted by molar-refractivity contribution is -0.144. The zero-order valence-electron chi connectivity index (χ0n) is 15.6. The molecule has 3 aromatic rings. The number of hydrogen-bond donors (Lipinski definition) is 0. The van der Waals surface area contributed by atoms with Crippen LogP contribution in [0.25, 0.3) is 10.9 Å². The van der Waals surface area contributed by atoms with E-state index < -0.39 is 12.0 Å². The Morgan fingerprint density at radius 1 is 0.862 bits per heavy atom. The molecule has 4 rings (SSSR count). The Labute approximate surface area is 165 Å². The number of aromatic nitrogens is 2. The topological polar surface area (TPSA) is 49.3 Å². The summed E-state index contributed by atoms with van der Waals surface area (Å²) in [5, 5.41) is 0.573. The minimum atomic E-state index is -4.63. The summed E-state index contributed by atoms with van der Waals surface area (Å²) < 4.78 is 39.9. The van der Waals surface area contributed by atoms with Crippen LogP contribution >= 0.6 is 0 Å². The average molecular weight is 400 g/mol. The van der Waals surface area contributed by atoms with Gasteiger partial charge in [-0.1, -0.05) is 30.3 Å². The lowest BCUT2D eigenvalue weighted by Gasteiger charge is -2.24. The van der Waals surface area contributed by atoms with Crippen molar-refractivity contribution < 1.29 is 18.0 Å². The van der Waals surface area contributed by atoms with Gasteiger partial charge in [-0.25, -0.2) is 9.97 Å². The Morgan fingerprint density at radius 3 is 2.34 bits per heavy atom. The van der Waals surface area contributed by atoms with Crippen molar-refractivity contribution in [1.29, 1.82) is 0 Å². The van der Waals surface area contributed by atoms with E-state index in [2.05, 4.69) is 9.97 Å². The molecule has 5 nitrogen and oxygen atoms in total. The lowest BCUT2D eigenvalue weighted by Crippen LogP contribution is -2.35. The van der Waals surface area contributed by atoms with E-state index in [1.54, 1.807) is 41.3 Å². The van der Waals surface area contributed by atoms with Gasteiger partial charge in [0.25, 0.3) is 5.91 Å². The molecule has 29 heavy (non-hydrogen) atoms. The molecule has 150 valence electrons. The summed E-state index contributed by atoms with van der Waals surface area (Å²) in [7, 11) is 0. The molecule has 0 saturated carbocycles. The Morgan fingerprint density at radius 2 is 1.59 bits per heavy atom. The molecule has 1 fully saturated rings. The van der Waals surface area contributed by atoms with Gasteiger partial charge < -0.3 is 9.80 Å². The Balaban J connectivity index is 1.62. The van der Waals surface area contributed by atoms with Gasteiger partial charge in [0.1, 0.15) is 5.82 Å². The zero-order chi connectivity index (χ0) is 20.4. The van der Waals surface area contributed by atoms with Gasteiger partial charge in [-0.05, 0) is 30.7 Å². The van der Waals surface area contributed by atoms with Crippen LogP contribution in [0.3, 0.4) is 0 Å². The number of amides is 1. The van der Waals surface area contributed by atoms with Crippen LogP contribution in [0, 0.1) is 0 Å². The molecule has 1 amide bonds. The first-order chi connectivity index (χ1) is 13.9. The number of rotatable bonds is 2. The fourth-order valence-electron chi connectivity index (χ4n) is 3.52. The quantitative estimate of drug-likeness (QED) is 0.653. The van der Waals surface area contributed by atoms with Crippen LogP contribution in [0.5, 0.6) is 0 Å². The van der Waals surface area contributed by atoms with E-state index in [1.807, 2.05) is 23.1 Å². The maximum absolute atomic E-state index is 13.3. The van der Waals surface area contributed by atoms with Crippen LogP contribution in [0.2, 0.25) is 0 Å².